The Labute approximate surface area is 188 Å². The number of nitrogens with zero attached hydrogens (tertiary/aromatic N) is 2. The minimum Gasteiger partial charge on any atom is -0.349 e. The number of likely N-dealkylation sites (tertiary alicyclic amines) is 1. The number of piperidine rings is 1. The normalized spacial score (nSPS) is 15.1. The van der Waals surface area contributed by atoms with Gasteiger partial charge in [-0.1, -0.05) is 13.8 Å². The summed E-state index contributed by atoms with van der Waals surface area (Å²) in [6, 6.07) is 11.3. The molecule has 1 aliphatic heterocycles. The van der Waals surface area contributed by atoms with Gasteiger partial charge in [0.1, 0.15) is 5.82 Å². The second-order valence-corrected chi connectivity index (χ2v) is 9.60. The average molecular weight is 462 g/mol. The number of sulfonamides is 1. The van der Waals surface area contributed by atoms with E-state index in [1.54, 1.807) is 30.9 Å². The zero-order valence-corrected chi connectivity index (χ0v) is 19.1. The van der Waals surface area contributed by atoms with Gasteiger partial charge in [0.15, 0.2) is 0 Å². The fourth-order valence-electron chi connectivity index (χ4n) is 3.76. The van der Waals surface area contributed by atoms with Gasteiger partial charge in [0.25, 0.3) is 11.8 Å². The highest BCUT2D eigenvalue weighted by Crippen LogP contribution is 2.19. The number of hydrogen-bond donors (Lipinski definition) is 1. The number of rotatable bonds is 7. The van der Waals surface area contributed by atoms with Crippen molar-refractivity contribution in [3.05, 3.63) is 65.5 Å². The minimum absolute atomic E-state index is 0.0711. The number of carbonyl (C=O) groups is 2. The SMILES string of the molecule is CCN(CC)S(=O)(=O)c1ccc(C(=O)N2CCC(NC(=O)c3ccc(F)cc3)CC2)cc1. The monoisotopic (exact) mass is 461 g/mol. The first-order chi connectivity index (χ1) is 15.3. The van der Waals surface area contributed by atoms with Gasteiger partial charge in [-0.05, 0) is 61.4 Å². The van der Waals surface area contributed by atoms with E-state index >= 15 is 0 Å². The van der Waals surface area contributed by atoms with Crippen molar-refractivity contribution in [2.45, 2.75) is 37.6 Å². The van der Waals surface area contributed by atoms with E-state index in [2.05, 4.69) is 5.32 Å². The number of benzene rings is 2. The van der Waals surface area contributed by atoms with Gasteiger partial charge in [-0.3, -0.25) is 9.59 Å². The van der Waals surface area contributed by atoms with Crippen LogP contribution in [0.5, 0.6) is 0 Å². The van der Waals surface area contributed by atoms with E-state index in [9.17, 15) is 22.4 Å². The highest BCUT2D eigenvalue weighted by Gasteiger charge is 2.26. The second kappa shape index (κ2) is 10.2. The summed E-state index contributed by atoms with van der Waals surface area (Å²) in [5, 5.41) is 2.93. The van der Waals surface area contributed by atoms with E-state index in [0.717, 1.165) is 0 Å². The molecule has 172 valence electrons. The standard InChI is InChI=1S/C23H28FN3O4S/c1-3-27(4-2)32(30,31)21-11-7-18(8-12-21)23(29)26-15-13-20(14-16-26)25-22(28)17-5-9-19(24)10-6-17/h5-12,20H,3-4,13-16H2,1-2H3,(H,25,28). The lowest BCUT2D eigenvalue weighted by atomic mass is 10.0. The molecule has 0 saturated carbocycles. The molecule has 1 N–H and O–H groups in total. The Hall–Kier alpha value is -2.78. The predicted octanol–water partition coefficient (Wildman–Crippen LogP) is 2.89. The summed E-state index contributed by atoms with van der Waals surface area (Å²) in [6.45, 7) is 5.28. The fourth-order valence-corrected chi connectivity index (χ4v) is 5.22. The van der Waals surface area contributed by atoms with Crippen LogP contribution in [0.4, 0.5) is 4.39 Å². The van der Waals surface area contributed by atoms with Crippen molar-refractivity contribution >= 4 is 21.8 Å². The van der Waals surface area contributed by atoms with Crippen LogP contribution in [0.2, 0.25) is 0 Å². The number of halogens is 1. The molecule has 2 aromatic rings. The molecule has 0 aliphatic carbocycles. The maximum atomic E-state index is 13.0. The number of carbonyl (C=O) groups excluding carboxylic acids is 2. The molecule has 0 aromatic heterocycles. The maximum Gasteiger partial charge on any atom is 0.253 e. The van der Waals surface area contributed by atoms with Crippen molar-refractivity contribution in [3.8, 4) is 0 Å². The van der Waals surface area contributed by atoms with Crippen molar-refractivity contribution in [2.24, 2.45) is 0 Å². The van der Waals surface area contributed by atoms with E-state index in [1.165, 1.54) is 40.7 Å². The van der Waals surface area contributed by atoms with Gasteiger partial charge in [-0.2, -0.15) is 4.31 Å². The summed E-state index contributed by atoms with van der Waals surface area (Å²) >= 11 is 0. The van der Waals surface area contributed by atoms with Gasteiger partial charge in [0.05, 0.1) is 4.90 Å². The van der Waals surface area contributed by atoms with Crippen molar-refractivity contribution in [1.82, 2.24) is 14.5 Å². The number of hydrogen-bond acceptors (Lipinski definition) is 4. The Balaban J connectivity index is 1.57. The first-order valence-electron chi connectivity index (χ1n) is 10.7. The van der Waals surface area contributed by atoms with Crippen LogP contribution in [-0.4, -0.2) is 61.7 Å². The van der Waals surface area contributed by atoms with Crippen LogP contribution in [0.3, 0.4) is 0 Å². The highest BCUT2D eigenvalue weighted by atomic mass is 32.2. The van der Waals surface area contributed by atoms with Gasteiger partial charge in [-0.15, -0.1) is 0 Å². The molecule has 1 aliphatic rings. The summed E-state index contributed by atoms with van der Waals surface area (Å²) in [5.74, 6) is -0.827. The third-order valence-electron chi connectivity index (χ3n) is 5.67. The van der Waals surface area contributed by atoms with Crippen molar-refractivity contribution in [1.29, 1.82) is 0 Å². The zero-order valence-electron chi connectivity index (χ0n) is 18.3. The van der Waals surface area contributed by atoms with E-state index < -0.39 is 15.8 Å². The predicted molar refractivity (Wildman–Crippen MR) is 119 cm³/mol. The van der Waals surface area contributed by atoms with Crippen LogP contribution in [0, 0.1) is 5.82 Å². The molecule has 1 fully saturated rings. The third-order valence-corrected chi connectivity index (χ3v) is 7.73. The van der Waals surface area contributed by atoms with Gasteiger partial charge in [0.2, 0.25) is 10.0 Å². The molecule has 0 radical (unpaired) electrons. The number of nitrogens with one attached hydrogen (secondary N) is 1. The van der Waals surface area contributed by atoms with E-state index in [0.29, 0.717) is 50.1 Å². The number of amides is 2. The molecular formula is C23H28FN3O4S. The van der Waals surface area contributed by atoms with E-state index in [-0.39, 0.29) is 22.8 Å². The maximum absolute atomic E-state index is 13.0. The molecule has 0 bridgehead atoms. The smallest absolute Gasteiger partial charge is 0.253 e. The lowest BCUT2D eigenvalue weighted by Crippen LogP contribution is -2.46. The van der Waals surface area contributed by atoms with Gasteiger partial charge >= 0.3 is 0 Å². The van der Waals surface area contributed by atoms with Crippen molar-refractivity contribution < 1.29 is 22.4 Å². The second-order valence-electron chi connectivity index (χ2n) is 7.66. The van der Waals surface area contributed by atoms with Crippen LogP contribution >= 0.6 is 0 Å². The molecule has 7 nitrogen and oxygen atoms in total. The minimum atomic E-state index is -3.57. The molecule has 0 unspecified atom stereocenters. The van der Waals surface area contributed by atoms with Crippen LogP contribution in [0.1, 0.15) is 47.4 Å². The molecule has 32 heavy (non-hydrogen) atoms. The Morgan fingerprint density at radius 2 is 1.50 bits per heavy atom. The Morgan fingerprint density at radius 1 is 0.969 bits per heavy atom. The average Bonchev–Trinajstić information content (AvgIpc) is 2.80. The molecule has 0 atom stereocenters. The Morgan fingerprint density at radius 3 is 2.03 bits per heavy atom. The summed E-state index contributed by atoms with van der Waals surface area (Å²) in [7, 11) is -3.57. The van der Waals surface area contributed by atoms with Crippen molar-refractivity contribution in [3.63, 3.8) is 0 Å². The van der Waals surface area contributed by atoms with Crippen LogP contribution in [-0.2, 0) is 10.0 Å². The van der Waals surface area contributed by atoms with E-state index in [4.69, 9.17) is 0 Å². The van der Waals surface area contributed by atoms with Gasteiger partial charge in [0, 0.05) is 43.3 Å². The Kier molecular flexibility index (Phi) is 7.63. The van der Waals surface area contributed by atoms with Gasteiger partial charge < -0.3 is 10.2 Å². The molecule has 0 spiro atoms. The molecule has 1 saturated heterocycles. The molecular weight excluding hydrogens is 433 g/mol. The fraction of sp³-hybridized carbons (Fsp3) is 0.391. The van der Waals surface area contributed by atoms with Gasteiger partial charge in [-0.25, -0.2) is 12.8 Å². The van der Waals surface area contributed by atoms with Crippen molar-refractivity contribution in [2.75, 3.05) is 26.2 Å². The molecule has 2 amide bonds. The molecule has 9 heteroatoms. The molecule has 3 rings (SSSR count). The molecule has 2 aromatic carbocycles. The first-order valence-corrected chi connectivity index (χ1v) is 12.2. The van der Waals surface area contributed by atoms with E-state index in [1.807, 2.05) is 0 Å². The van der Waals surface area contributed by atoms with Crippen LogP contribution < -0.4 is 5.32 Å². The van der Waals surface area contributed by atoms with Crippen LogP contribution in [0.15, 0.2) is 53.4 Å². The topological polar surface area (TPSA) is 86.8 Å². The summed E-state index contributed by atoms with van der Waals surface area (Å²) < 4.78 is 39.6. The first kappa shape index (κ1) is 23.9. The third kappa shape index (κ3) is 5.34. The largest absolute Gasteiger partial charge is 0.349 e. The van der Waals surface area contributed by atoms with Crippen LogP contribution in [0.25, 0.3) is 0 Å². The quantitative estimate of drug-likeness (QED) is 0.687. The Bertz CT molecular complexity index is 1040. The lowest BCUT2D eigenvalue weighted by Gasteiger charge is -2.32. The summed E-state index contributed by atoms with van der Waals surface area (Å²) in [5.41, 5.74) is 0.821. The zero-order chi connectivity index (χ0) is 23.3. The summed E-state index contributed by atoms with van der Waals surface area (Å²) in [6.07, 6.45) is 1.21. The lowest BCUT2D eigenvalue weighted by molar-refractivity contribution is 0.0698. The highest BCUT2D eigenvalue weighted by molar-refractivity contribution is 7.89. The molecule has 1 heterocycles. The summed E-state index contributed by atoms with van der Waals surface area (Å²) in [4.78, 5) is 27.0.